The minimum absolute atomic E-state index is 0.655. The Balaban J connectivity index is 2.48. The van der Waals surface area contributed by atoms with E-state index in [0.29, 0.717) is 5.02 Å². The summed E-state index contributed by atoms with van der Waals surface area (Å²) in [5.41, 5.74) is 3.04. The molecule has 0 amide bonds. The molecular formula is C11H9ClO2. The van der Waals surface area contributed by atoms with Gasteiger partial charge in [0.05, 0.1) is 0 Å². The Labute approximate surface area is 86.8 Å². The van der Waals surface area contributed by atoms with Crippen LogP contribution >= 0.6 is 11.6 Å². The summed E-state index contributed by atoms with van der Waals surface area (Å²) < 4.78 is 0. The number of aliphatic carboxylic acids is 1. The highest BCUT2D eigenvalue weighted by Crippen LogP contribution is 2.33. The molecular weight excluding hydrogens is 200 g/mol. The van der Waals surface area contributed by atoms with Crippen LogP contribution in [-0.4, -0.2) is 11.1 Å². The van der Waals surface area contributed by atoms with Crippen LogP contribution in [0.25, 0.3) is 5.57 Å². The van der Waals surface area contributed by atoms with Crippen LogP contribution < -0.4 is 0 Å². The van der Waals surface area contributed by atoms with E-state index in [1.807, 2.05) is 18.2 Å². The average Bonchev–Trinajstić information content (AvgIpc) is 2.47. The summed E-state index contributed by atoms with van der Waals surface area (Å²) in [6.45, 7) is 0. The first kappa shape index (κ1) is 9.28. The monoisotopic (exact) mass is 208 g/mol. The van der Waals surface area contributed by atoms with Gasteiger partial charge in [-0.3, -0.25) is 0 Å². The van der Waals surface area contributed by atoms with Crippen LogP contribution in [0.1, 0.15) is 17.5 Å². The van der Waals surface area contributed by atoms with Gasteiger partial charge in [0.25, 0.3) is 0 Å². The first-order chi connectivity index (χ1) is 6.66. The predicted octanol–water partition coefficient (Wildman–Crippen LogP) is 2.75. The zero-order valence-electron chi connectivity index (χ0n) is 7.46. The van der Waals surface area contributed by atoms with Crippen molar-refractivity contribution >= 4 is 23.1 Å². The van der Waals surface area contributed by atoms with Gasteiger partial charge < -0.3 is 5.11 Å². The molecule has 0 atom stereocenters. The van der Waals surface area contributed by atoms with E-state index < -0.39 is 5.97 Å². The summed E-state index contributed by atoms with van der Waals surface area (Å²) in [4.78, 5) is 10.5. The maximum atomic E-state index is 10.5. The second-order valence-corrected chi connectivity index (χ2v) is 3.75. The van der Waals surface area contributed by atoms with Crippen molar-refractivity contribution in [2.75, 3.05) is 0 Å². The predicted molar refractivity (Wildman–Crippen MR) is 55.4 cm³/mol. The molecule has 0 saturated heterocycles. The summed E-state index contributed by atoms with van der Waals surface area (Å²) >= 11 is 5.85. The van der Waals surface area contributed by atoms with E-state index in [1.54, 1.807) is 0 Å². The standard InChI is InChI=1S/C11H9ClO2/c12-9-4-3-7-1-2-8(5-11(13)14)10(7)6-9/h3-6H,1-2H2,(H,13,14)/b8-5+. The molecule has 0 radical (unpaired) electrons. The van der Waals surface area contributed by atoms with E-state index in [4.69, 9.17) is 16.7 Å². The molecule has 0 fully saturated rings. The lowest BCUT2D eigenvalue weighted by Crippen LogP contribution is -1.89. The highest BCUT2D eigenvalue weighted by Gasteiger charge is 2.16. The Morgan fingerprint density at radius 2 is 2.21 bits per heavy atom. The van der Waals surface area contributed by atoms with Crippen molar-refractivity contribution < 1.29 is 9.90 Å². The number of hydrogen-bond donors (Lipinski definition) is 1. The van der Waals surface area contributed by atoms with Crippen molar-refractivity contribution in [1.82, 2.24) is 0 Å². The van der Waals surface area contributed by atoms with Gasteiger partial charge in [0.2, 0.25) is 0 Å². The molecule has 0 aromatic heterocycles. The summed E-state index contributed by atoms with van der Waals surface area (Å²) in [6, 6.07) is 5.63. The number of rotatable bonds is 1. The first-order valence-electron chi connectivity index (χ1n) is 4.39. The second-order valence-electron chi connectivity index (χ2n) is 3.31. The van der Waals surface area contributed by atoms with Gasteiger partial charge in [-0.1, -0.05) is 17.7 Å². The molecule has 1 aliphatic rings. The second kappa shape index (κ2) is 3.46. The minimum atomic E-state index is -0.896. The van der Waals surface area contributed by atoms with Gasteiger partial charge in [0, 0.05) is 11.1 Å². The summed E-state index contributed by atoms with van der Waals surface area (Å²) in [7, 11) is 0. The molecule has 2 nitrogen and oxygen atoms in total. The van der Waals surface area contributed by atoms with Crippen molar-refractivity contribution in [3.05, 3.63) is 40.4 Å². The van der Waals surface area contributed by atoms with E-state index >= 15 is 0 Å². The van der Waals surface area contributed by atoms with Crippen LogP contribution in [0.3, 0.4) is 0 Å². The third-order valence-electron chi connectivity index (χ3n) is 2.38. The molecule has 0 aliphatic heterocycles. The van der Waals surface area contributed by atoms with Crippen molar-refractivity contribution in [2.24, 2.45) is 0 Å². The Hall–Kier alpha value is -1.28. The highest BCUT2D eigenvalue weighted by atomic mass is 35.5. The average molecular weight is 209 g/mol. The normalized spacial score (nSPS) is 17.1. The number of hydrogen-bond acceptors (Lipinski definition) is 1. The summed E-state index contributed by atoms with van der Waals surface area (Å²) in [5.74, 6) is -0.896. The van der Waals surface area contributed by atoms with Crippen molar-refractivity contribution in [1.29, 1.82) is 0 Å². The van der Waals surface area contributed by atoms with Crippen LogP contribution in [-0.2, 0) is 11.2 Å². The number of benzene rings is 1. The molecule has 0 spiro atoms. The first-order valence-corrected chi connectivity index (χ1v) is 4.77. The van der Waals surface area contributed by atoms with Crippen LogP contribution in [0.15, 0.2) is 24.3 Å². The third kappa shape index (κ3) is 1.66. The van der Waals surface area contributed by atoms with Crippen molar-refractivity contribution in [3.8, 4) is 0 Å². The number of halogens is 1. The number of fused-ring (bicyclic) bond motifs is 1. The lowest BCUT2D eigenvalue weighted by molar-refractivity contribution is -0.131. The fourth-order valence-corrected chi connectivity index (χ4v) is 1.94. The van der Waals surface area contributed by atoms with Gasteiger partial charge in [0.1, 0.15) is 0 Å². The molecule has 0 bridgehead atoms. The van der Waals surface area contributed by atoms with Crippen LogP contribution in [0, 0.1) is 0 Å². The molecule has 3 heteroatoms. The lowest BCUT2D eigenvalue weighted by Gasteiger charge is -2.00. The van der Waals surface area contributed by atoms with Crippen LogP contribution in [0.5, 0.6) is 0 Å². The van der Waals surface area contributed by atoms with Gasteiger partial charge in [-0.05, 0) is 41.7 Å². The molecule has 14 heavy (non-hydrogen) atoms. The van der Waals surface area contributed by atoms with E-state index in [0.717, 1.165) is 24.0 Å². The highest BCUT2D eigenvalue weighted by molar-refractivity contribution is 6.30. The number of aryl methyl sites for hydroxylation is 1. The number of carbonyl (C=O) groups is 1. The van der Waals surface area contributed by atoms with Gasteiger partial charge >= 0.3 is 5.97 Å². The molecule has 0 heterocycles. The summed E-state index contributed by atoms with van der Waals surface area (Å²) in [6.07, 6.45) is 2.97. The Morgan fingerprint density at radius 3 is 2.93 bits per heavy atom. The molecule has 1 aliphatic carbocycles. The zero-order valence-corrected chi connectivity index (χ0v) is 8.21. The lowest BCUT2D eigenvalue weighted by atomic mass is 10.1. The molecule has 1 N–H and O–H groups in total. The van der Waals surface area contributed by atoms with Crippen LogP contribution in [0.2, 0.25) is 5.02 Å². The van der Waals surface area contributed by atoms with Gasteiger partial charge in [-0.2, -0.15) is 0 Å². The smallest absolute Gasteiger partial charge is 0.328 e. The Bertz CT molecular complexity index is 421. The zero-order chi connectivity index (χ0) is 10.1. The van der Waals surface area contributed by atoms with E-state index in [-0.39, 0.29) is 0 Å². The molecule has 0 unspecified atom stereocenters. The number of allylic oxidation sites excluding steroid dienone is 1. The molecule has 0 saturated carbocycles. The van der Waals surface area contributed by atoms with Crippen molar-refractivity contribution in [3.63, 3.8) is 0 Å². The fourth-order valence-electron chi connectivity index (χ4n) is 1.77. The van der Waals surface area contributed by atoms with Gasteiger partial charge in [-0.25, -0.2) is 4.79 Å². The third-order valence-corrected chi connectivity index (χ3v) is 2.61. The molecule has 72 valence electrons. The Morgan fingerprint density at radius 1 is 1.43 bits per heavy atom. The molecule has 2 rings (SSSR count). The van der Waals surface area contributed by atoms with E-state index in [1.165, 1.54) is 11.6 Å². The van der Waals surface area contributed by atoms with Crippen molar-refractivity contribution in [2.45, 2.75) is 12.8 Å². The minimum Gasteiger partial charge on any atom is -0.478 e. The SMILES string of the molecule is O=C(O)/C=C1\CCc2ccc(Cl)cc21. The largest absolute Gasteiger partial charge is 0.478 e. The van der Waals surface area contributed by atoms with Gasteiger partial charge in [0.15, 0.2) is 0 Å². The van der Waals surface area contributed by atoms with E-state index in [9.17, 15) is 4.79 Å². The molecule has 1 aromatic rings. The Kier molecular flexibility index (Phi) is 2.30. The number of carboxylic acid groups (broad SMARTS) is 1. The maximum Gasteiger partial charge on any atom is 0.328 e. The van der Waals surface area contributed by atoms with Gasteiger partial charge in [-0.15, -0.1) is 0 Å². The van der Waals surface area contributed by atoms with Crippen LogP contribution in [0.4, 0.5) is 0 Å². The number of carboxylic acids is 1. The van der Waals surface area contributed by atoms with E-state index in [2.05, 4.69) is 0 Å². The topological polar surface area (TPSA) is 37.3 Å². The fraction of sp³-hybridized carbons (Fsp3) is 0.182. The molecule has 1 aromatic carbocycles. The quantitative estimate of drug-likeness (QED) is 0.721. The maximum absolute atomic E-state index is 10.5. The summed E-state index contributed by atoms with van der Waals surface area (Å²) in [5, 5.41) is 9.31.